The van der Waals surface area contributed by atoms with Crippen molar-refractivity contribution in [1.29, 1.82) is 0 Å². The van der Waals surface area contributed by atoms with Crippen molar-refractivity contribution < 1.29 is 5.11 Å². The molecule has 2 nitrogen and oxygen atoms in total. The third-order valence-corrected chi connectivity index (χ3v) is 2.49. The summed E-state index contributed by atoms with van der Waals surface area (Å²) in [6.45, 7) is 6.55. The van der Waals surface area contributed by atoms with Gasteiger partial charge in [0.05, 0.1) is 6.10 Å². The van der Waals surface area contributed by atoms with E-state index in [0.29, 0.717) is 0 Å². The van der Waals surface area contributed by atoms with Gasteiger partial charge in [0.15, 0.2) is 0 Å². The molecular weight excluding hydrogens is 186 g/mol. The summed E-state index contributed by atoms with van der Waals surface area (Å²) in [7, 11) is 0. The van der Waals surface area contributed by atoms with Crippen molar-refractivity contribution >= 4 is 5.69 Å². The first-order valence-corrected chi connectivity index (χ1v) is 5.42. The molecule has 0 heterocycles. The Hall–Kier alpha value is -1.02. The Balaban J connectivity index is 2.54. The lowest BCUT2D eigenvalue weighted by atomic mass is 9.88. The number of hydrogen-bond donors (Lipinski definition) is 2. The second-order valence-electron chi connectivity index (χ2n) is 5.28. The zero-order chi connectivity index (χ0) is 11.5. The van der Waals surface area contributed by atoms with Crippen LogP contribution in [0, 0.1) is 5.41 Å². The van der Waals surface area contributed by atoms with Crippen molar-refractivity contribution in [2.45, 2.75) is 39.7 Å². The van der Waals surface area contributed by atoms with Gasteiger partial charge in [-0.25, -0.2) is 0 Å². The quantitative estimate of drug-likeness (QED) is 0.748. The van der Waals surface area contributed by atoms with Gasteiger partial charge >= 0.3 is 0 Å². The molecule has 2 heteroatoms. The predicted octanol–water partition coefficient (Wildman–Crippen LogP) is 3.13. The Morgan fingerprint density at radius 1 is 1.20 bits per heavy atom. The number of rotatable bonds is 3. The van der Waals surface area contributed by atoms with Crippen molar-refractivity contribution in [3.63, 3.8) is 0 Å². The first-order chi connectivity index (χ1) is 6.88. The van der Waals surface area contributed by atoms with Crippen molar-refractivity contribution in [3.05, 3.63) is 29.8 Å². The molecule has 1 unspecified atom stereocenters. The molecule has 0 saturated carbocycles. The second-order valence-corrected chi connectivity index (χ2v) is 5.28. The zero-order valence-electron chi connectivity index (χ0n) is 9.83. The maximum Gasteiger partial charge on any atom is 0.0790 e. The summed E-state index contributed by atoms with van der Waals surface area (Å²) in [5.41, 5.74) is 7.55. The first-order valence-electron chi connectivity index (χ1n) is 5.42. The summed E-state index contributed by atoms with van der Waals surface area (Å²) < 4.78 is 0. The summed E-state index contributed by atoms with van der Waals surface area (Å²) in [4.78, 5) is 0. The van der Waals surface area contributed by atoms with Gasteiger partial charge in [0.1, 0.15) is 0 Å². The minimum Gasteiger partial charge on any atom is -0.399 e. The average molecular weight is 207 g/mol. The van der Waals surface area contributed by atoms with Crippen molar-refractivity contribution in [2.75, 3.05) is 5.73 Å². The van der Waals surface area contributed by atoms with Crippen LogP contribution in [0.15, 0.2) is 24.3 Å². The number of aliphatic hydroxyl groups is 1. The van der Waals surface area contributed by atoms with E-state index in [2.05, 4.69) is 20.8 Å². The fourth-order valence-corrected chi connectivity index (χ4v) is 1.45. The van der Waals surface area contributed by atoms with E-state index in [9.17, 15) is 5.11 Å². The maximum atomic E-state index is 9.93. The largest absolute Gasteiger partial charge is 0.399 e. The van der Waals surface area contributed by atoms with Crippen molar-refractivity contribution in [1.82, 2.24) is 0 Å². The van der Waals surface area contributed by atoms with E-state index >= 15 is 0 Å². The van der Waals surface area contributed by atoms with E-state index in [1.807, 2.05) is 24.3 Å². The number of hydrogen-bond acceptors (Lipinski definition) is 2. The van der Waals surface area contributed by atoms with Crippen molar-refractivity contribution in [3.8, 4) is 0 Å². The Morgan fingerprint density at radius 2 is 1.73 bits per heavy atom. The van der Waals surface area contributed by atoms with Gasteiger partial charge < -0.3 is 10.8 Å². The van der Waals surface area contributed by atoms with E-state index in [1.54, 1.807) is 0 Å². The Labute approximate surface area is 92.1 Å². The van der Waals surface area contributed by atoms with E-state index < -0.39 is 0 Å². The highest BCUT2D eigenvalue weighted by molar-refractivity contribution is 5.39. The molecule has 0 aliphatic carbocycles. The molecule has 0 saturated heterocycles. The number of benzene rings is 1. The molecule has 0 spiro atoms. The lowest BCUT2D eigenvalue weighted by Gasteiger charge is -2.20. The van der Waals surface area contributed by atoms with Crippen LogP contribution in [-0.2, 0) is 0 Å². The Morgan fingerprint density at radius 3 is 2.20 bits per heavy atom. The summed E-state index contributed by atoms with van der Waals surface area (Å²) in [6.07, 6.45) is 1.44. The topological polar surface area (TPSA) is 46.2 Å². The molecule has 1 aromatic rings. The van der Waals surface area contributed by atoms with E-state index in [-0.39, 0.29) is 11.5 Å². The summed E-state index contributed by atoms with van der Waals surface area (Å²) >= 11 is 0. The Bertz CT molecular complexity index is 297. The number of nitrogens with two attached hydrogens (primary N) is 1. The molecule has 0 amide bonds. The number of nitrogen functional groups attached to an aromatic ring is 1. The third-order valence-electron chi connectivity index (χ3n) is 2.49. The molecule has 3 N–H and O–H groups in total. The smallest absolute Gasteiger partial charge is 0.0790 e. The zero-order valence-corrected chi connectivity index (χ0v) is 9.83. The fraction of sp³-hybridized carbons (Fsp3) is 0.538. The minimum absolute atomic E-state index is 0.273. The lowest BCUT2D eigenvalue weighted by Crippen LogP contribution is -2.08. The van der Waals surface area contributed by atoms with Crippen LogP contribution in [0.1, 0.15) is 45.3 Å². The highest BCUT2D eigenvalue weighted by Gasteiger charge is 2.14. The molecule has 1 atom stereocenters. The van der Waals surface area contributed by atoms with Gasteiger partial charge in [-0.3, -0.25) is 0 Å². The van der Waals surface area contributed by atoms with Gasteiger partial charge in [0.25, 0.3) is 0 Å². The molecule has 0 radical (unpaired) electrons. The van der Waals surface area contributed by atoms with Crippen LogP contribution in [0.4, 0.5) is 5.69 Å². The third kappa shape index (κ3) is 4.34. The highest BCUT2D eigenvalue weighted by atomic mass is 16.3. The van der Waals surface area contributed by atoms with Gasteiger partial charge in [0, 0.05) is 5.69 Å². The first kappa shape index (κ1) is 12.1. The van der Waals surface area contributed by atoms with Gasteiger partial charge in [-0.1, -0.05) is 32.9 Å². The number of anilines is 1. The molecule has 1 rings (SSSR count). The Kier molecular flexibility index (Phi) is 3.75. The molecule has 0 aromatic heterocycles. The van der Waals surface area contributed by atoms with E-state index in [0.717, 1.165) is 24.1 Å². The normalized spacial score (nSPS) is 13.9. The summed E-state index contributed by atoms with van der Waals surface area (Å²) in [6, 6.07) is 7.44. The fourth-order valence-electron chi connectivity index (χ4n) is 1.45. The van der Waals surface area contributed by atoms with Crippen LogP contribution in [0.2, 0.25) is 0 Å². The standard InChI is InChI=1S/C13H21NO/c1-13(2,3)9-8-12(15)10-4-6-11(14)7-5-10/h4-7,12,15H,8-9,14H2,1-3H3. The van der Waals surface area contributed by atoms with Gasteiger partial charge in [0.2, 0.25) is 0 Å². The highest BCUT2D eigenvalue weighted by Crippen LogP contribution is 2.27. The summed E-state index contributed by atoms with van der Waals surface area (Å²) in [5, 5.41) is 9.93. The van der Waals surface area contributed by atoms with Gasteiger partial charge in [-0.15, -0.1) is 0 Å². The monoisotopic (exact) mass is 207 g/mol. The molecule has 0 aliphatic rings. The van der Waals surface area contributed by atoms with Crippen LogP contribution in [-0.4, -0.2) is 5.11 Å². The lowest BCUT2D eigenvalue weighted by molar-refractivity contribution is 0.147. The van der Waals surface area contributed by atoms with E-state index in [4.69, 9.17) is 5.73 Å². The molecule has 15 heavy (non-hydrogen) atoms. The van der Waals surface area contributed by atoms with Crippen molar-refractivity contribution in [2.24, 2.45) is 5.41 Å². The number of aliphatic hydroxyl groups excluding tert-OH is 1. The van der Waals surface area contributed by atoms with Crippen LogP contribution in [0.3, 0.4) is 0 Å². The van der Waals surface area contributed by atoms with Crippen LogP contribution < -0.4 is 5.73 Å². The minimum atomic E-state index is -0.371. The molecule has 0 bridgehead atoms. The molecule has 1 aromatic carbocycles. The average Bonchev–Trinajstić information content (AvgIpc) is 2.14. The predicted molar refractivity (Wildman–Crippen MR) is 64.5 cm³/mol. The van der Waals surface area contributed by atoms with E-state index in [1.165, 1.54) is 0 Å². The summed E-state index contributed by atoms with van der Waals surface area (Å²) in [5.74, 6) is 0. The maximum absolute atomic E-state index is 9.93. The van der Waals surface area contributed by atoms with Gasteiger partial charge in [-0.05, 0) is 36.0 Å². The van der Waals surface area contributed by atoms with Crippen LogP contribution >= 0.6 is 0 Å². The second kappa shape index (κ2) is 4.67. The molecule has 0 aliphatic heterocycles. The van der Waals surface area contributed by atoms with Crippen LogP contribution in [0.5, 0.6) is 0 Å². The SMILES string of the molecule is CC(C)(C)CCC(O)c1ccc(N)cc1. The van der Waals surface area contributed by atoms with Crippen LogP contribution in [0.25, 0.3) is 0 Å². The van der Waals surface area contributed by atoms with Gasteiger partial charge in [-0.2, -0.15) is 0 Å². The molecule has 0 fully saturated rings. The molecular formula is C13H21NO. The molecule has 84 valence electrons.